The number of nitrogens with zero attached hydrogens (tertiary/aromatic N) is 4. The van der Waals surface area contributed by atoms with E-state index in [1.165, 1.54) is 7.11 Å². The van der Waals surface area contributed by atoms with Gasteiger partial charge in [0.05, 0.1) is 40.7 Å². The van der Waals surface area contributed by atoms with Gasteiger partial charge < -0.3 is 23.7 Å². The molecule has 0 saturated carbocycles. The first kappa shape index (κ1) is 34.4. The number of aryl methyl sites for hydroxylation is 1. The number of aromatic nitrogens is 3. The van der Waals surface area contributed by atoms with Crippen LogP contribution in [0.5, 0.6) is 5.75 Å². The van der Waals surface area contributed by atoms with Crippen LogP contribution in [0.1, 0.15) is 49.5 Å². The molecule has 3 aromatic heterocycles. The van der Waals surface area contributed by atoms with Gasteiger partial charge in [-0.05, 0) is 69.5 Å². The Morgan fingerprint density at radius 3 is 2.49 bits per heavy atom. The Morgan fingerprint density at radius 2 is 1.78 bits per heavy atom. The molecule has 11 heteroatoms. The molecular formula is C38H38Cl2N4O5. The molecule has 1 fully saturated rings. The zero-order valence-corrected chi connectivity index (χ0v) is 29.6. The van der Waals surface area contributed by atoms with Gasteiger partial charge in [0.25, 0.3) is 0 Å². The van der Waals surface area contributed by atoms with Crippen LogP contribution in [0, 0.1) is 0 Å². The van der Waals surface area contributed by atoms with Gasteiger partial charge in [0.1, 0.15) is 17.0 Å². The van der Waals surface area contributed by atoms with E-state index in [1.54, 1.807) is 24.4 Å². The number of pyridine rings is 2. The number of halogens is 2. The molecule has 9 nitrogen and oxygen atoms in total. The molecule has 49 heavy (non-hydrogen) atoms. The second-order valence-corrected chi connectivity index (χ2v) is 13.8. The van der Waals surface area contributed by atoms with Crippen molar-refractivity contribution in [2.24, 2.45) is 7.05 Å². The number of ether oxygens (including phenoxy) is 3. The standard InChI is InChI=1S/C38H38Cl2N4O5/c1-38(2,3)49-37(46)44(26-14-17-48-18-15-26)21-25-20-43(4)36-27(25)11-12-31(42-36)30-8-6-7-28(33(30)39)29-13-16-41-35(34(29)40)23-9-10-24(22-45)32(19-23)47-5/h6-13,16,19-20,22,26H,14-15,17-18,21H2,1-5H3. The first-order valence-corrected chi connectivity index (χ1v) is 16.8. The highest BCUT2D eigenvalue weighted by molar-refractivity contribution is 6.39. The Hall–Kier alpha value is -4.44. The van der Waals surface area contributed by atoms with Crippen molar-refractivity contribution in [3.63, 3.8) is 0 Å². The van der Waals surface area contributed by atoms with Gasteiger partial charge in [-0.2, -0.15) is 0 Å². The number of carbonyl (C=O) groups is 2. The molecule has 0 radical (unpaired) electrons. The van der Waals surface area contributed by atoms with Gasteiger partial charge in [-0.1, -0.05) is 47.5 Å². The molecule has 0 aliphatic carbocycles. The van der Waals surface area contributed by atoms with E-state index in [0.717, 1.165) is 46.9 Å². The van der Waals surface area contributed by atoms with Crippen LogP contribution in [-0.4, -0.2) is 63.8 Å². The number of carbonyl (C=O) groups excluding carboxylic acids is 2. The van der Waals surface area contributed by atoms with Crippen molar-refractivity contribution in [1.82, 2.24) is 19.4 Å². The Kier molecular flexibility index (Phi) is 9.97. The highest BCUT2D eigenvalue weighted by Gasteiger charge is 2.31. The predicted molar refractivity (Wildman–Crippen MR) is 192 cm³/mol. The van der Waals surface area contributed by atoms with E-state index in [2.05, 4.69) is 4.98 Å². The maximum absolute atomic E-state index is 13.4. The predicted octanol–water partition coefficient (Wildman–Crippen LogP) is 9.01. The first-order chi connectivity index (χ1) is 23.5. The number of fused-ring (bicyclic) bond motifs is 1. The topological polar surface area (TPSA) is 95.8 Å². The monoisotopic (exact) mass is 700 g/mol. The van der Waals surface area contributed by atoms with E-state index in [0.29, 0.717) is 63.6 Å². The average Bonchev–Trinajstić information content (AvgIpc) is 3.40. The zero-order chi connectivity index (χ0) is 34.9. The van der Waals surface area contributed by atoms with Crippen LogP contribution in [0.15, 0.2) is 67.0 Å². The van der Waals surface area contributed by atoms with Crippen LogP contribution in [-0.2, 0) is 23.1 Å². The summed E-state index contributed by atoms with van der Waals surface area (Å²) in [5.74, 6) is 0.433. The molecule has 1 saturated heterocycles. The molecular weight excluding hydrogens is 663 g/mol. The van der Waals surface area contributed by atoms with Gasteiger partial charge in [-0.15, -0.1) is 0 Å². The third-order valence-corrected chi connectivity index (χ3v) is 9.38. The Bertz CT molecular complexity index is 2030. The third kappa shape index (κ3) is 7.15. The first-order valence-electron chi connectivity index (χ1n) is 16.1. The fraction of sp³-hybridized carbons (Fsp3) is 0.316. The highest BCUT2D eigenvalue weighted by atomic mass is 35.5. The lowest BCUT2D eigenvalue weighted by molar-refractivity contribution is -0.00799. The van der Waals surface area contributed by atoms with Gasteiger partial charge in [-0.25, -0.2) is 9.78 Å². The number of benzene rings is 2. The minimum absolute atomic E-state index is 0.0193. The van der Waals surface area contributed by atoms with Crippen molar-refractivity contribution < 1.29 is 23.8 Å². The summed E-state index contributed by atoms with van der Waals surface area (Å²) in [7, 11) is 3.46. The minimum atomic E-state index is -0.609. The van der Waals surface area contributed by atoms with E-state index >= 15 is 0 Å². The normalized spacial score (nSPS) is 13.8. The molecule has 2 aromatic carbocycles. The third-order valence-electron chi connectivity index (χ3n) is 8.59. The second kappa shape index (κ2) is 14.2. The smallest absolute Gasteiger partial charge is 0.410 e. The van der Waals surface area contributed by atoms with Crippen molar-refractivity contribution in [3.05, 3.63) is 88.2 Å². The molecule has 1 aliphatic heterocycles. The van der Waals surface area contributed by atoms with Crippen molar-refractivity contribution >= 4 is 46.6 Å². The lowest BCUT2D eigenvalue weighted by Crippen LogP contribution is -2.45. The summed E-state index contributed by atoms with van der Waals surface area (Å²) in [6, 6.07) is 16.8. The summed E-state index contributed by atoms with van der Waals surface area (Å²) in [5, 5.41) is 1.85. The maximum Gasteiger partial charge on any atom is 0.410 e. The molecule has 6 rings (SSSR count). The van der Waals surface area contributed by atoms with Gasteiger partial charge >= 0.3 is 6.09 Å². The largest absolute Gasteiger partial charge is 0.496 e. The number of amides is 1. The molecule has 254 valence electrons. The van der Waals surface area contributed by atoms with Crippen LogP contribution in [0.25, 0.3) is 44.7 Å². The Labute approximate surface area is 295 Å². The molecule has 1 amide bonds. The quantitative estimate of drug-likeness (QED) is 0.149. The summed E-state index contributed by atoms with van der Waals surface area (Å²) in [4.78, 5) is 36.2. The fourth-order valence-electron chi connectivity index (χ4n) is 6.20. The van der Waals surface area contributed by atoms with Crippen LogP contribution >= 0.6 is 23.2 Å². The Balaban J connectivity index is 1.34. The Morgan fingerprint density at radius 1 is 1.04 bits per heavy atom. The lowest BCUT2D eigenvalue weighted by Gasteiger charge is -2.35. The molecule has 0 N–H and O–H groups in total. The molecule has 1 aliphatic rings. The van der Waals surface area contributed by atoms with Gasteiger partial charge in [-0.3, -0.25) is 9.78 Å². The SMILES string of the molecule is COc1cc(-c2nccc(-c3cccc(-c4ccc5c(CN(C(=O)OC(C)(C)C)C6CCOCC6)cn(C)c5n4)c3Cl)c2Cl)ccc1C=O. The van der Waals surface area contributed by atoms with Crippen LogP contribution in [0.3, 0.4) is 0 Å². The number of rotatable bonds is 8. The maximum atomic E-state index is 13.4. The molecule has 4 heterocycles. The lowest BCUT2D eigenvalue weighted by atomic mass is 9.99. The zero-order valence-electron chi connectivity index (χ0n) is 28.1. The van der Waals surface area contributed by atoms with E-state index < -0.39 is 5.60 Å². The van der Waals surface area contributed by atoms with Gasteiger partial charge in [0.15, 0.2) is 6.29 Å². The number of hydrogen-bond donors (Lipinski definition) is 0. The molecule has 0 unspecified atom stereocenters. The van der Waals surface area contributed by atoms with Crippen molar-refractivity contribution in [2.45, 2.75) is 51.8 Å². The summed E-state index contributed by atoms with van der Waals surface area (Å²) < 4.78 is 18.8. The highest BCUT2D eigenvalue weighted by Crippen LogP contribution is 2.42. The number of methoxy groups -OCH3 is 1. The van der Waals surface area contributed by atoms with Crippen LogP contribution in [0.2, 0.25) is 10.0 Å². The summed E-state index contributed by atoms with van der Waals surface area (Å²) in [5.41, 5.74) is 5.67. The van der Waals surface area contributed by atoms with E-state index in [-0.39, 0.29) is 12.1 Å². The molecule has 5 aromatic rings. The second-order valence-electron chi connectivity index (χ2n) is 13.0. The summed E-state index contributed by atoms with van der Waals surface area (Å²) >= 11 is 14.1. The van der Waals surface area contributed by atoms with Crippen LogP contribution < -0.4 is 4.74 Å². The van der Waals surface area contributed by atoms with E-state index in [4.69, 9.17) is 42.4 Å². The summed E-state index contributed by atoms with van der Waals surface area (Å²) in [6.45, 7) is 7.25. The molecule has 0 bridgehead atoms. The molecule has 0 atom stereocenters. The van der Waals surface area contributed by atoms with E-state index in [1.807, 2.05) is 79.9 Å². The average molecular weight is 702 g/mol. The minimum Gasteiger partial charge on any atom is -0.496 e. The van der Waals surface area contributed by atoms with Crippen molar-refractivity contribution in [1.29, 1.82) is 0 Å². The fourth-order valence-corrected chi connectivity index (χ4v) is 6.85. The molecule has 0 spiro atoms. The van der Waals surface area contributed by atoms with Crippen LogP contribution in [0.4, 0.5) is 4.79 Å². The van der Waals surface area contributed by atoms with Gasteiger partial charge in [0, 0.05) is 66.3 Å². The summed E-state index contributed by atoms with van der Waals surface area (Å²) in [6.07, 6.45) is 5.61. The van der Waals surface area contributed by atoms with E-state index in [9.17, 15) is 9.59 Å². The number of hydrogen-bond acceptors (Lipinski definition) is 7. The van der Waals surface area contributed by atoms with Crippen molar-refractivity contribution in [2.75, 3.05) is 20.3 Å². The van der Waals surface area contributed by atoms with Gasteiger partial charge in [0.2, 0.25) is 0 Å². The number of aldehydes is 1. The van der Waals surface area contributed by atoms with Crippen molar-refractivity contribution in [3.8, 4) is 39.4 Å².